The minimum atomic E-state index is -0.0697. The highest BCUT2D eigenvalue weighted by molar-refractivity contribution is 5.14. The van der Waals surface area contributed by atoms with Crippen LogP contribution in [-0.2, 0) is 48.2 Å². The van der Waals surface area contributed by atoms with Crippen LogP contribution in [0, 0.1) is 0 Å². The van der Waals surface area contributed by atoms with Crippen LogP contribution in [0.2, 0.25) is 0 Å². The van der Waals surface area contributed by atoms with E-state index in [0.29, 0.717) is 72.7 Å². The van der Waals surface area contributed by atoms with Crippen molar-refractivity contribution in [2.75, 3.05) is 52.9 Å². The van der Waals surface area contributed by atoms with Gasteiger partial charge in [0.1, 0.15) is 0 Å². The lowest BCUT2D eigenvalue weighted by Crippen LogP contribution is -2.25. The lowest BCUT2D eigenvalue weighted by Gasteiger charge is -2.18. The van der Waals surface area contributed by atoms with E-state index < -0.39 is 0 Å². The molecule has 6 heteroatoms. The summed E-state index contributed by atoms with van der Waals surface area (Å²) in [4.78, 5) is 0. The zero-order chi connectivity index (χ0) is 25.6. The molecule has 1 atom stereocenters. The molecule has 0 aliphatic rings. The summed E-state index contributed by atoms with van der Waals surface area (Å²) < 4.78 is 34.8. The van der Waals surface area contributed by atoms with Crippen molar-refractivity contribution in [3.63, 3.8) is 0 Å². The lowest BCUT2D eigenvalue weighted by molar-refractivity contribution is -0.0625. The fraction of sp³-hybridized carbons (Fsp3) is 0.419. The zero-order valence-corrected chi connectivity index (χ0v) is 21.7. The van der Waals surface area contributed by atoms with Crippen molar-refractivity contribution in [2.45, 2.75) is 32.3 Å². The first kappa shape index (κ1) is 29.0. The number of rotatable bonds is 21. The lowest BCUT2D eigenvalue weighted by atomic mass is 10.2. The van der Waals surface area contributed by atoms with Gasteiger partial charge in [-0.05, 0) is 23.1 Å². The van der Waals surface area contributed by atoms with Crippen molar-refractivity contribution in [3.05, 3.63) is 108 Å². The maximum Gasteiger partial charge on any atom is 0.0831 e. The van der Waals surface area contributed by atoms with Gasteiger partial charge in [0.2, 0.25) is 0 Å². The Hall–Kier alpha value is -2.58. The summed E-state index contributed by atoms with van der Waals surface area (Å²) in [6, 6.07) is 30.4. The summed E-state index contributed by atoms with van der Waals surface area (Å²) in [5.41, 5.74) is 3.47. The van der Waals surface area contributed by atoms with Crippen LogP contribution in [0.5, 0.6) is 0 Å². The average molecular weight is 509 g/mol. The summed E-state index contributed by atoms with van der Waals surface area (Å²) in [6.07, 6.45) is 0.669. The molecule has 0 spiro atoms. The summed E-state index contributed by atoms with van der Waals surface area (Å²) in [5, 5.41) is 0. The number of hydrogen-bond acceptors (Lipinski definition) is 6. The first-order chi connectivity index (χ1) is 18.4. The molecule has 3 rings (SSSR count). The van der Waals surface area contributed by atoms with Crippen LogP contribution in [0.1, 0.15) is 23.1 Å². The predicted octanol–water partition coefficient (Wildman–Crippen LogP) is 5.45. The third-order valence-electron chi connectivity index (χ3n) is 5.55. The third kappa shape index (κ3) is 14.1. The highest BCUT2D eigenvalue weighted by atomic mass is 16.6. The topological polar surface area (TPSA) is 55.4 Å². The molecule has 0 amide bonds. The molecule has 37 heavy (non-hydrogen) atoms. The Labute approximate surface area is 221 Å². The second-order valence-electron chi connectivity index (χ2n) is 8.58. The van der Waals surface area contributed by atoms with Crippen LogP contribution >= 0.6 is 0 Å². The second kappa shape index (κ2) is 19.5. The Bertz CT molecular complexity index is 907. The van der Waals surface area contributed by atoms with Gasteiger partial charge in [-0.1, -0.05) is 91.0 Å². The van der Waals surface area contributed by atoms with Crippen LogP contribution < -0.4 is 0 Å². The molecule has 0 N–H and O–H groups in total. The van der Waals surface area contributed by atoms with Gasteiger partial charge in [0, 0.05) is 6.61 Å². The SMILES string of the molecule is c1ccc(COCCOCCC(COCCOCc2ccccc2)OCCOCc2ccccc2)cc1. The van der Waals surface area contributed by atoms with Crippen molar-refractivity contribution in [1.29, 1.82) is 0 Å². The van der Waals surface area contributed by atoms with Crippen molar-refractivity contribution in [3.8, 4) is 0 Å². The Morgan fingerprint density at radius 3 is 1.30 bits per heavy atom. The highest BCUT2D eigenvalue weighted by Crippen LogP contribution is 2.05. The molecular formula is C31H40O6. The molecule has 0 radical (unpaired) electrons. The van der Waals surface area contributed by atoms with Crippen LogP contribution in [0.15, 0.2) is 91.0 Å². The Morgan fingerprint density at radius 1 is 0.405 bits per heavy atom. The van der Waals surface area contributed by atoms with Crippen LogP contribution in [0.3, 0.4) is 0 Å². The zero-order valence-electron chi connectivity index (χ0n) is 21.7. The van der Waals surface area contributed by atoms with Gasteiger partial charge in [-0.2, -0.15) is 0 Å². The molecule has 0 saturated heterocycles. The maximum atomic E-state index is 6.04. The largest absolute Gasteiger partial charge is 0.379 e. The van der Waals surface area contributed by atoms with E-state index >= 15 is 0 Å². The van der Waals surface area contributed by atoms with Crippen LogP contribution in [-0.4, -0.2) is 59.0 Å². The summed E-state index contributed by atoms with van der Waals surface area (Å²) in [6.45, 7) is 6.03. The molecule has 1 unspecified atom stereocenters. The van der Waals surface area contributed by atoms with E-state index in [0.717, 1.165) is 23.1 Å². The van der Waals surface area contributed by atoms with Gasteiger partial charge >= 0.3 is 0 Å². The standard InChI is InChI=1S/C31H40O6/c1-4-10-28(11-5-1)24-33-19-18-32-17-16-31(37-23-22-35-26-30-14-8-3-9-15-30)27-36-21-20-34-25-29-12-6-2-7-13-29/h1-15,31H,16-27H2. The highest BCUT2D eigenvalue weighted by Gasteiger charge is 2.10. The minimum absolute atomic E-state index is 0.0697. The van der Waals surface area contributed by atoms with Crippen LogP contribution in [0.25, 0.3) is 0 Å². The molecule has 3 aromatic rings. The monoisotopic (exact) mass is 508 g/mol. The van der Waals surface area contributed by atoms with Crippen LogP contribution in [0.4, 0.5) is 0 Å². The number of hydrogen-bond donors (Lipinski definition) is 0. The van der Waals surface area contributed by atoms with E-state index in [4.69, 9.17) is 28.4 Å². The molecule has 0 aromatic heterocycles. The Morgan fingerprint density at radius 2 is 0.811 bits per heavy atom. The van der Waals surface area contributed by atoms with Gasteiger partial charge in [-0.25, -0.2) is 0 Å². The molecule has 0 heterocycles. The minimum Gasteiger partial charge on any atom is -0.379 e. The number of benzene rings is 3. The smallest absolute Gasteiger partial charge is 0.0831 e. The van der Waals surface area contributed by atoms with E-state index in [2.05, 4.69) is 36.4 Å². The van der Waals surface area contributed by atoms with Crippen molar-refractivity contribution < 1.29 is 28.4 Å². The quantitative estimate of drug-likeness (QED) is 0.179. The maximum absolute atomic E-state index is 6.04. The Balaban J connectivity index is 1.26. The van der Waals surface area contributed by atoms with E-state index in [1.807, 2.05) is 54.6 Å². The predicted molar refractivity (Wildman–Crippen MR) is 144 cm³/mol. The normalized spacial score (nSPS) is 12.0. The van der Waals surface area contributed by atoms with Gasteiger partial charge in [0.25, 0.3) is 0 Å². The van der Waals surface area contributed by atoms with Gasteiger partial charge in [0.15, 0.2) is 0 Å². The Kier molecular flexibility index (Phi) is 15.3. The van der Waals surface area contributed by atoms with Gasteiger partial charge in [-0.3, -0.25) is 0 Å². The fourth-order valence-electron chi connectivity index (χ4n) is 3.55. The molecule has 0 aliphatic heterocycles. The molecule has 0 saturated carbocycles. The van der Waals surface area contributed by atoms with Gasteiger partial charge in [0.05, 0.1) is 72.2 Å². The van der Waals surface area contributed by atoms with E-state index in [9.17, 15) is 0 Å². The molecule has 0 aliphatic carbocycles. The summed E-state index contributed by atoms with van der Waals surface area (Å²) in [7, 11) is 0. The van der Waals surface area contributed by atoms with Crippen molar-refractivity contribution >= 4 is 0 Å². The van der Waals surface area contributed by atoms with Gasteiger partial charge in [-0.15, -0.1) is 0 Å². The first-order valence-electron chi connectivity index (χ1n) is 13.0. The fourth-order valence-corrected chi connectivity index (χ4v) is 3.55. The molecule has 3 aromatic carbocycles. The molecular weight excluding hydrogens is 468 g/mol. The number of ether oxygens (including phenoxy) is 6. The van der Waals surface area contributed by atoms with E-state index in [1.54, 1.807) is 0 Å². The average Bonchev–Trinajstić information content (AvgIpc) is 2.95. The second-order valence-corrected chi connectivity index (χ2v) is 8.58. The van der Waals surface area contributed by atoms with Crippen molar-refractivity contribution in [1.82, 2.24) is 0 Å². The summed E-state index contributed by atoms with van der Waals surface area (Å²) >= 11 is 0. The third-order valence-corrected chi connectivity index (χ3v) is 5.55. The molecule has 200 valence electrons. The first-order valence-corrected chi connectivity index (χ1v) is 13.0. The molecule has 0 bridgehead atoms. The van der Waals surface area contributed by atoms with E-state index in [1.165, 1.54) is 0 Å². The molecule has 0 fully saturated rings. The van der Waals surface area contributed by atoms with E-state index in [-0.39, 0.29) is 6.10 Å². The molecule has 6 nitrogen and oxygen atoms in total. The van der Waals surface area contributed by atoms with Crippen molar-refractivity contribution in [2.24, 2.45) is 0 Å². The summed E-state index contributed by atoms with van der Waals surface area (Å²) in [5.74, 6) is 0. The van der Waals surface area contributed by atoms with Gasteiger partial charge < -0.3 is 28.4 Å².